The van der Waals surface area contributed by atoms with Gasteiger partial charge in [-0.15, -0.1) is 0 Å². The third-order valence-electron chi connectivity index (χ3n) is 4.97. The van der Waals surface area contributed by atoms with E-state index in [1.807, 2.05) is 6.07 Å². The van der Waals surface area contributed by atoms with Crippen LogP contribution in [0.3, 0.4) is 0 Å². The molecule has 180 valence electrons. The molecule has 3 aromatic rings. The number of carbonyl (C=O) groups is 2. The lowest BCUT2D eigenvalue weighted by atomic mass is 10.2. The molecule has 2 heterocycles. The molecule has 3 N–H and O–H groups in total. The van der Waals surface area contributed by atoms with Crippen LogP contribution in [0.1, 0.15) is 22.3 Å². The molecule has 0 unspecified atom stereocenters. The second-order valence-electron chi connectivity index (χ2n) is 7.44. The van der Waals surface area contributed by atoms with Gasteiger partial charge in [0.25, 0.3) is 11.5 Å². The summed E-state index contributed by atoms with van der Waals surface area (Å²) in [7, 11) is 3.14. The summed E-state index contributed by atoms with van der Waals surface area (Å²) in [4.78, 5) is 53.7. The van der Waals surface area contributed by atoms with Crippen LogP contribution in [0.25, 0.3) is 0 Å². The number of H-pyrrole nitrogens is 1. The first kappa shape index (κ1) is 24.5. The number of nitrogen functional groups attached to an aromatic ring is 1. The van der Waals surface area contributed by atoms with Gasteiger partial charge in [0.05, 0.1) is 18.3 Å². The van der Waals surface area contributed by atoms with E-state index < -0.39 is 29.7 Å². The Morgan fingerprint density at radius 3 is 2.59 bits per heavy atom. The second-order valence-corrected chi connectivity index (χ2v) is 7.44. The number of rotatable bonds is 10. The number of esters is 1. The lowest BCUT2D eigenvalue weighted by molar-refractivity contribution is -0.121. The molecule has 0 aliphatic rings. The highest BCUT2D eigenvalue weighted by Crippen LogP contribution is 2.19. The van der Waals surface area contributed by atoms with Crippen molar-refractivity contribution in [2.45, 2.75) is 13.0 Å². The molecule has 2 aromatic heterocycles. The maximum atomic E-state index is 13.0. The molecule has 12 heteroatoms. The molecule has 0 atom stereocenters. The predicted octanol–water partition coefficient (Wildman–Crippen LogP) is 0.127. The van der Waals surface area contributed by atoms with Crippen LogP contribution in [-0.4, -0.2) is 58.1 Å². The lowest BCUT2D eigenvalue weighted by Crippen LogP contribution is -2.43. The first-order valence-corrected chi connectivity index (χ1v) is 10.4. The normalized spacial score (nSPS) is 10.8. The lowest BCUT2D eigenvalue weighted by Gasteiger charge is -2.24. The van der Waals surface area contributed by atoms with Gasteiger partial charge in [-0.2, -0.15) is 5.10 Å². The van der Waals surface area contributed by atoms with Gasteiger partial charge in [-0.25, -0.2) is 9.59 Å². The smallest absolute Gasteiger partial charge is 0.341 e. The van der Waals surface area contributed by atoms with E-state index in [0.717, 1.165) is 10.5 Å². The Morgan fingerprint density at radius 2 is 1.94 bits per heavy atom. The molecule has 0 spiro atoms. The third-order valence-corrected chi connectivity index (χ3v) is 4.97. The molecule has 1 aromatic carbocycles. The van der Waals surface area contributed by atoms with Gasteiger partial charge in [-0.3, -0.25) is 23.8 Å². The molecule has 0 aliphatic carbocycles. The number of carbonyl (C=O) groups excluding carboxylic acids is 2. The first-order chi connectivity index (χ1) is 16.3. The predicted molar refractivity (Wildman–Crippen MR) is 124 cm³/mol. The van der Waals surface area contributed by atoms with Crippen molar-refractivity contribution in [3.05, 3.63) is 74.7 Å². The van der Waals surface area contributed by atoms with Crippen LogP contribution in [0.2, 0.25) is 0 Å². The van der Waals surface area contributed by atoms with Gasteiger partial charge in [-0.1, -0.05) is 30.3 Å². The van der Waals surface area contributed by atoms with E-state index in [-0.39, 0.29) is 30.2 Å². The minimum absolute atomic E-state index is 0.0495. The largest absolute Gasteiger partial charge is 0.452 e. The second kappa shape index (κ2) is 11.1. The summed E-state index contributed by atoms with van der Waals surface area (Å²) in [5.74, 6) is -1.60. The van der Waals surface area contributed by atoms with Gasteiger partial charge in [0.1, 0.15) is 5.82 Å². The maximum absolute atomic E-state index is 13.0. The highest BCUT2D eigenvalue weighted by molar-refractivity contribution is 5.98. The van der Waals surface area contributed by atoms with E-state index in [1.165, 1.54) is 28.8 Å². The molecule has 34 heavy (non-hydrogen) atoms. The van der Waals surface area contributed by atoms with Crippen molar-refractivity contribution < 1.29 is 19.1 Å². The van der Waals surface area contributed by atoms with Crippen molar-refractivity contribution in [2.24, 2.45) is 7.05 Å². The standard InChI is InChI=1S/C22H26N6O6/c1-26-13-16(11-24-26)21(31)34-14-17(29)27(9-6-10-33-2)18-19(23)28(22(32)25-20(18)30)12-15-7-4-3-5-8-15/h3-5,7-8,11,13H,6,9-10,12,14,23H2,1-2H3,(H,25,30,32). The average molecular weight is 470 g/mol. The van der Waals surface area contributed by atoms with E-state index in [2.05, 4.69) is 10.1 Å². The molecule has 0 fully saturated rings. The zero-order valence-corrected chi connectivity index (χ0v) is 18.9. The molecule has 0 bridgehead atoms. The Morgan fingerprint density at radius 1 is 1.21 bits per heavy atom. The molecule has 0 radical (unpaired) electrons. The highest BCUT2D eigenvalue weighted by Gasteiger charge is 2.25. The zero-order chi connectivity index (χ0) is 24.7. The van der Waals surface area contributed by atoms with E-state index in [9.17, 15) is 19.2 Å². The molecule has 3 rings (SSSR count). The summed E-state index contributed by atoms with van der Waals surface area (Å²) in [6.45, 7) is -0.197. The monoisotopic (exact) mass is 470 g/mol. The van der Waals surface area contributed by atoms with Gasteiger partial charge < -0.3 is 20.1 Å². The Labute approximate surface area is 194 Å². The number of nitrogens with one attached hydrogen (secondary N) is 1. The number of aromatic amines is 1. The summed E-state index contributed by atoms with van der Waals surface area (Å²) >= 11 is 0. The number of amides is 1. The van der Waals surface area contributed by atoms with Crippen LogP contribution in [0.4, 0.5) is 11.5 Å². The van der Waals surface area contributed by atoms with Gasteiger partial charge in [0, 0.05) is 33.5 Å². The fourth-order valence-electron chi connectivity index (χ4n) is 3.30. The minimum atomic E-state index is -0.823. The number of nitrogens with two attached hydrogens (primary N) is 1. The van der Waals surface area contributed by atoms with Crippen molar-refractivity contribution in [3.63, 3.8) is 0 Å². The van der Waals surface area contributed by atoms with Gasteiger partial charge >= 0.3 is 11.7 Å². The van der Waals surface area contributed by atoms with E-state index in [0.29, 0.717) is 13.0 Å². The Balaban J connectivity index is 1.90. The summed E-state index contributed by atoms with van der Waals surface area (Å²) in [5.41, 5.74) is 5.45. The Hall–Kier alpha value is -4.19. The van der Waals surface area contributed by atoms with Crippen LogP contribution < -0.4 is 21.9 Å². The summed E-state index contributed by atoms with van der Waals surface area (Å²) < 4.78 is 12.7. The first-order valence-electron chi connectivity index (χ1n) is 10.4. The van der Waals surface area contributed by atoms with Crippen molar-refractivity contribution >= 4 is 23.4 Å². The number of methoxy groups -OCH3 is 1. The van der Waals surface area contributed by atoms with Crippen molar-refractivity contribution in [3.8, 4) is 0 Å². The fraction of sp³-hybridized carbons (Fsp3) is 0.318. The Bertz CT molecular complexity index is 1260. The van der Waals surface area contributed by atoms with Crippen molar-refractivity contribution in [1.82, 2.24) is 19.3 Å². The minimum Gasteiger partial charge on any atom is -0.452 e. The molecule has 12 nitrogen and oxygen atoms in total. The number of anilines is 2. The van der Waals surface area contributed by atoms with Crippen LogP contribution >= 0.6 is 0 Å². The summed E-state index contributed by atoms with van der Waals surface area (Å²) in [6, 6.07) is 9.05. The van der Waals surface area contributed by atoms with E-state index in [1.54, 1.807) is 31.3 Å². The molecule has 0 saturated heterocycles. The molecular formula is C22H26N6O6. The summed E-state index contributed by atoms with van der Waals surface area (Å²) in [5, 5.41) is 3.89. The topological polar surface area (TPSA) is 155 Å². The third kappa shape index (κ3) is 5.78. The number of aryl methyl sites for hydroxylation is 1. The summed E-state index contributed by atoms with van der Waals surface area (Å²) in [6.07, 6.45) is 3.13. The maximum Gasteiger partial charge on any atom is 0.341 e. The van der Waals surface area contributed by atoms with Crippen molar-refractivity contribution in [1.29, 1.82) is 0 Å². The molecule has 0 saturated carbocycles. The van der Waals surface area contributed by atoms with Crippen molar-refractivity contribution in [2.75, 3.05) is 37.5 Å². The number of hydrogen-bond acceptors (Lipinski definition) is 8. The number of aromatic nitrogens is 4. The molecular weight excluding hydrogens is 444 g/mol. The molecule has 0 aliphatic heterocycles. The van der Waals surface area contributed by atoms with Gasteiger partial charge in [0.15, 0.2) is 12.3 Å². The van der Waals surface area contributed by atoms with Crippen LogP contribution in [0, 0.1) is 0 Å². The highest BCUT2D eigenvalue weighted by atomic mass is 16.5. The quantitative estimate of drug-likeness (QED) is 0.313. The molecule has 1 amide bonds. The van der Waals surface area contributed by atoms with Crippen LogP contribution in [-0.2, 0) is 27.9 Å². The zero-order valence-electron chi connectivity index (χ0n) is 18.9. The van der Waals surface area contributed by atoms with E-state index in [4.69, 9.17) is 15.2 Å². The number of ether oxygens (including phenoxy) is 2. The fourth-order valence-corrected chi connectivity index (χ4v) is 3.30. The number of benzene rings is 1. The van der Waals surface area contributed by atoms with Crippen LogP contribution in [0.15, 0.2) is 52.3 Å². The van der Waals surface area contributed by atoms with Gasteiger partial charge in [0.2, 0.25) is 0 Å². The SMILES string of the molecule is COCCCN(C(=O)COC(=O)c1cnn(C)c1)c1c(N)n(Cc2ccccc2)c(=O)[nH]c1=O. The number of hydrogen-bond donors (Lipinski definition) is 2. The Kier molecular flexibility index (Phi) is 7.98. The van der Waals surface area contributed by atoms with Gasteiger partial charge in [-0.05, 0) is 12.0 Å². The van der Waals surface area contributed by atoms with Crippen LogP contribution in [0.5, 0.6) is 0 Å². The average Bonchev–Trinajstić information content (AvgIpc) is 3.26. The number of nitrogens with zero attached hydrogens (tertiary/aromatic N) is 4. The van der Waals surface area contributed by atoms with E-state index >= 15 is 0 Å².